The molecule has 5 rings (SSSR count). The van der Waals surface area contributed by atoms with Gasteiger partial charge in [-0.25, -0.2) is 12.8 Å². The van der Waals surface area contributed by atoms with E-state index in [-0.39, 0.29) is 22.7 Å². The summed E-state index contributed by atoms with van der Waals surface area (Å²) in [6, 6.07) is 19.5. The molecule has 1 N–H and O–H groups in total. The number of hydrogen-bond acceptors (Lipinski definition) is 5. The van der Waals surface area contributed by atoms with E-state index in [4.69, 9.17) is 11.6 Å². The monoisotopic (exact) mass is 566 g/mol. The van der Waals surface area contributed by atoms with Gasteiger partial charge in [-0.1, -0.05) is 35.9 Å². The van der Waals surface area contributed by atoms with Crippen molar-refractivity contribution in [2.45, 2.75) is 24.3 Å². The SMILES string of the molecule is C[C@@H]1CN(CCc2ccc(F)cc2Cl)CCN1C(=O)c1ccc(NS(=O)(=O)c2cccc3cccnc23)cc1. The van der Waals surface area contributed by atoms with Crippen molar-refractivity contribution in [1.82, 2.24) is 14.8 Å². The standard InChI is InChI=1S/C29H28ClFN4O3S/c1-20-19-34(15-13-21-7-10-24(31)18-26(21)30)16-17-35(20)29(36)23-8-11-25(12-9-23)33-39(37,38)27-6-2-4-22-5-3-14-32-28(22)27/h2-12,14,18,20,33H,13,15-17,19H2,1H3/t20-/m1/s1. The molecule has 7 nitrogen and oxygen atoms in total. The van der Waals surface area contributed by atoms with Crippen LogP contribution in [0.3, 0.4) is 0 Å². The fourth-order valence-corrected chi connectivity index (χ4v) is 6.39. The van der Waals surface area contributed by atoms with Crippen LogP contribution in [0.1, 0.15) is 22.8 Å². The Kier molecular flexibility index (Phi) is 7.83. The molecular weight excluding hydrogens is 539 g/mol. The highest BCUT2D eigenvalue weighted by Gasteiger charge is 2.28. The van der Waals surface area contributed by atoms with Crippen molar-refractivity contribution >= 4 is 44.1 Å². The van der Waals surface area contributed by atoms with Gasteiger partial charge in [0.1, 0.15) is 10.7 Å². The Bertz CT molecular complexity index is 1610. The second-order valence-electron chi connectivity index (χ2n) is 9.65. The van der Waals surface area contributed by atoms with Crippen LogP contribution in [0.4, 0.5) is 10.1 Å². The summed E-state index contributed by atoms with van der Waals surface area (Å²) in [4.78, 5) is 21.7. The molecule has 4 aromatic rings. The Labute approximate surface area is 232 Å². The number of aromatic nitrogens is 1. The average molecular weight is 567 g/mol. The molecule has 202 valence electrons. The highest BCUT2D eigenvalue weighted by molar-refractivity contribution is 7.93. The van der Waals surface area contributed by atoms with Crippen molar-refractivity contribution in [3.05, 3.63) is 101 Å². The Morgan fingerprint density at radius 1 is 1.08 bits per heavy atom. The van der Waals surface area contributed by atoms with Crippen molar-refractivity contribution in [3.63, 3.8) is 0 Å². The van der Waals surface area contributed by atoms with Crippen molar-refractivity contribution < 1.29 is 17.6 Å². The summed E-state index contributed by atoms with van der Waals surface area (Å²) < 4.78 is 42.1. The number of carbonyl (C=O) groups excluding carboxylic acids is 1. The van der Waals surface area contributed by atoms with Crippen LogP contribution in [0.2, 0.25) is 5.02 Å². The summed E-state index contributed by atoms with van der Waals surface area (Å²) in [6.45, 7) is 4.77. The third kappa shape index (κ3) is 6.06. The van der Waals surface area contributed by atoms with Gasteiger partial charge in [0, 0.05) is 60.1 Å². The normalized spacial score (nSPS) is 16.4. The van der Waals surface area contributed by atoms with Gasteiger partial charge in [-0.15, -0.1) is 0 Å². The predicted molar refractivity (Wildman–Crippen MR) is 151 cm³/mol. The number of nitrogens with one attached hydrogen (secondary N) is 1. The Morgan fingerprint density at radius 2 is 1.85 bits per heavy atom. The highest BCUT2D eigenvalue weighted by Crippen LogP contribution is 2.24. The Hall–Kier alpha value is -3.53. The van der Waals surface area contributed by atoms with Gasteiger partial charge in [0.2, 0.25) is 0 Å². The molecule has 1 fully saturated rings. The lowest BCUT2D eigenvalue weighted by Crippen LogP contribution is -2.54. The summed E-state index contributed by atoms with van der Waals surface area (Å²) in [6.07, 6.45) is 2.26. The third-order valence-electron chi connectivity index (χ3n) is 6.95. The number of benzene rings is 3. The molecule has 0 spiro atoms. The van der Waals surface area contributed by atoms with E-state index in [1.165, 1.54) is 18.2 Å². The lowest BCUT2D eigenvalue weighted by atomic mass is 10.1. The summed E-state index contributed by atoms with van der Waals surface area (Å²) in [5.41, 5.74) is 2.14. The van der Waals surface area contributed by atoms with Crippen molar-refractivity contribution in [2.24, 2.45) is 0 Å². The first-order valence-corrected chi connectivity index (χ1v) is 14.5. The van der Waals surface area contributed by atoms with Gasteiger partial charge in [0.25, 0.3) is 15.9 Å². The molecule has 1 atom stereocenters. The van der Waals surface area contributed by atoms with Gasteiger partial charge in [0.15, 0.2) is 0 Å². The van der Waals surface area contributed by atoms with Gasteiger partial charge >= 0.3 is 0 Å². The molecule has 1 amide bonds. The number of rotatable bonds is 7. The van der Waals surface area contributed by atoms with Gasteiger partial charge in [-0.2, -0.15) is 0 Å². The smallest absolute Gasteiger partial charge is 0.264 e. The van der Waals surface area contributed by atoms with Crippen LogP contribution < -0.4 is 4.72 Å². The molecule has 3 aromatic carbocycles. The van der Waals surface area contributed by atoms with Crippen LogP contribution in [0.15, 0.2) is 83.9 Å². The lowest BCUT2D eigenvalue weighted by Gasteiger charge is -2.40. The number of fused-ring (bicyclic) bond motifs is 1. The van der Waals surface area contributed by atoms with Crippen LogP contribution in [0.5, 0.6) is 0 Å². The lowest BCUT2D eigenvalue weighted by molar-refractivity contribution is 0.0492. The van der Waals surface area contributed by atoms with Crippen molar-refractivity contribution in [1.29, 1.82) is 0 Å². The minimum Gasteiger partial charge on any atom is -0.333 e. The van der Waals surface area contributed by atoms with Gasteiger partial charge < -0.3 is 4.90 Å². The first-order valence-electron chi connectivity index (χ1n) is 12.7. The van der Waals surface area contributed by atoms with Gasteiger partial charge in [0.05, 0.1) is 5.52 Å². The number of amides is 1. The van der Waals surface area contributed by atoms with Gasteiger partial charge in [-0.05, 0) is 67.4 Å². The summed E-state index contributed by atoms with van der Waals surface area (Å²) in [7, 11) is -3.88. The quantitative estimate of drug-likeness (QED) is 0.332. The molecule has 1 saturated heterocycles. The molecule has 1 aromatic heterocycles. The maximum Gasteiger partial charge on any atom is 0.264 e. The maximum atomic E-state index is 13.3. The zero-order valence-electron chi connectivity index (χ0n) is 21.3. The van der Waals surface area contributed by atoms with E-state index < -0.39 is 10.0 Å². The highest BCUT2D eigenvalue weighted by atomic mass is 35.5. The topological polar surface area (TPSA) is 82.6 Å². The fraction of sp³-hybridized carbons (Fsp3) is 0.241. The van der Waals surface area contributed by atoms with E-state index in [1.807, 2.05) is 24.0 Å². The van der Waals surface area contributed by atoms with Crippen LogP contribution >= 0.6 is 11.6 Å². The zero-order chi connectivity index (χ0) is 27.6. The minimum atomic E-state index is -3.88. The molecule has 2 heterocycles. The molecule has 0 unspecified atom stereocenters. The van der Waals surface area contributed by atoms with Crippen LogP contribution in [-0.2, 0) is 16.4 Å². The van der Waals surface area contributed by atoms with Crippen molar-refractivity contribution in [2.75, 3.05) is 30.9 Å². The van der Waals surface area contributed by atoms with Crippen molar-refractivity contribution in [3.8, 4) is 0 Å². The number of carbonyl (C=O) groups is 1. The first kappa shape index (κ1) is 27.1. The number of anilines is 1. The second-order valence-corrected chi connectivity index (χ2v) is 11.7. The van der Waals surface area contributed by atoms with E-state index in [1.54, 1.807) is 48.7 Å². The number of nitrogens with zero attached hydrogens (tertiary/aromatic N) is 3. The molecule has 39 heavy (non-hydrogen) atoms. The average Bonchev–Trinajstić information content (AvgIpc) is 2.92. The molecule has 0 bridgehead atoms. The number of sulfonamides is 1. The maximum absolute atomic E-state index is 13.3. The van der Waals surface area contributed by atoms with E-state index >= 15 is 0 Å². The molecule has 1 aliphatic heterocycles. The predicted octanol–water partition coefficient (Wildman–Crippen LogP) is 5.22. The Morgan fingerprint density at radius 3 is 2.59 bits per heavy atom. The van der Waals surface area contributed by atoms with E-state index in [9.17, 15) is 17.6 Å². The second kappa shape index (κ2) is 11.3. The van der Waals surface area contributed by atoms with E-state index in [0.29, 0.717) is 47.8 Å². The van der Waals surface area contributed by atoms with Gasteiger partial charge in [-0.3, -0.25) is 19.4 Å². The molecule has 0 aliphatic carbocycles. The summed E-state index contributed by atoms with van der Waals surface area (Å²) >= 11 is 6.16. The zero-order valence-corrected chi connectivity index (χ0v) is 22.9. The third-order valence-corrected chi connectivity index (χ3v) is 8.72. The fourth-order valence-electron chi connectivity index (χ4n) is 4.89. The number of pyridine rings is 1. The number of para-hydroxylation sites is 1. The number of hydrogen-bond donors (Lipinski definition) is 1. The molecule has 1 aliphatic rings. The molecular formula is C29H28ClFN4O3S. The molecule has 10 heteroatoms. The van der Waals surface area contributed by atoms with Crippen LogP contribution in [0, 0.1) is 5.82 Å². The Balaban J connectivity index is 1.20. The van der Waals surface area contributed by atoms with Crippen LogP contribution in [-0.4, -0.2) is 61.3 Å². The number of halogens is 2. The summed E-state index contributed by atoms with van der Waals surface area (Å²) in [5.74, 6) is -0.451. The van der Waals surface area contributed by atoms with E-state index in [0.717, 1.165) is 17.5 Å². The van der Waals surface area contributed by atoms with E-state index in [2.05, 4.69) is 14.6 Å². The van der Waals surface area contributed by atoms with Crippen LogP contribution in [0.25, 0.3) is 10.9 Å². The molecule has 0 radical (unpaired) electrons. The largest absolute Gasteiger partial charge is 0.333 e. The minimum absolute atomic E-state index is 0.00743. The number of piperazine rings is 1. The first-order chi connectivity index (χ1) is 18.7. The summed E-state index contributed by atoms with van der Waals surface area (Å²) in [5, 5.41) is 1.16. The molecule has 0 saturated carbocycles.